The van der Waals surface area contributed by atoms with Crippen LogP contribution in [0.1, 0.15) is 41.3 Å². The maximum atomic E-state index is 11.8. The molecule has 0 saturated heterocycles. The zero-order chi connectivity index (χ0) is 14.5. The monoisotopic (exact) mass is 297 g/mol. The first-order valence-electron chi connectivity index (χ1n) is 7.16. The van der Waals surface area contributed by atoms with Crippen LogP contribution >= 0.6 is 11.3 Å². The van der Waals surface area contributed by atoms with Crippen molar-refractivity contribution in [2.45, 2.75) is 52.1 Å². The lowest BCUT2D eigenvalue weighted by molar-refractivity contribution is 0.174. The highest BCUT2D eigenvalue weighted by Crippen LogP contribution is 2.23. The van der Waals surface area contributed by atoms with Crippen LogP contribution in [0.4, 0.5) is 4.79 Å². The van der Waals surface area contributed by atoms with E-state index in [-0.39, 0.29) is 18.7 Å². The summed E-state index contributed by atoms with van der Waals surface area (Å²) in [6.07, 6.45) is 3.89. The van der Waals surface area contributed by atoms with Gasteiger partial charge in [-0.2, -0.15) is 0 Å². The summed E-state index contributed by atoms with van der Waals surface area (Å²) in [5.41, 5.74) is 1.04. The van der Waals surface area contributed by atoms with Crippen molar-refractivity contribution in [3.63, 3.8) is 0 Å². The Hall–Kier alpha value is -1.14. The second-order valence-electron chi connectivity index (χ2n) is 5.48. The van der Waals surface area contributed by atoms with Crippen LogP contribution in [0.3, 0.4) is 0 Å². The molecule has 1 heterocycles. The highest BCUT2D eigenvalue weighted by atomic mass is 32.1. The van der Waals surface area contributed by atoms with Crippen molar-refractivity contribution in [1.82, 2.24) is 15.6 Å². The van der Waals surface area contributed by atoms with E-state index in [1.807, 2.05) is 13.8 Å². The smallest absolute Gasteiger partial charge is 0.315 e. The molecule has 1 aliphatic rings. The highest BCUT2D eigenvalue weighted by Gasteiger charge is 2.21. The van der Waals surface area contributed by atoms with Gasteiger partial charge in [-0.3, -0.25) is 0 Å². The molecule has 5 nitrogen and oxygen atoms in total. The summed E-state index contributed by atoms with van der Waals surface area (Å²) < 4.78 is 0. The van der Waals surface area contributed by atoms with Crippen LogP contribution in [0.25, 0.3) is 0 Å². The summed E-state index contributed by atoms with van der Waals surface area (Å²) in [5.74, 6) is 0.414. The number of urea groups is 1. The van der Waals surface area contributed by atoms with Gasteiger partial charge >= 0.3 is 6.03 Å². The van der Waals surface area contributed by atoms with E-state index in [4.69, 9.17) is 5.11 Å². The summed E-state index contributed by atoms with van der Waals surface area (Å²) >= 11 is 1.62. The molecule has 0 bridgehead atoms. The van der Waals surface area contributed by atoms with Crippen LogP contribution in [0.5, 0.6) is 0 Å². The van der Waals surface area contributed by atoms with Gasteiger partial charge in [-0.05, 0) is 45.4 Å². The lowest BCUT2D eigenvalue weighted by Gasteiger charge is -2.27. The Morgan fingerprint density at radius 2 is 2.05 bits per heavy atom. The number of amides is 2. The van der Waals surface area contributed by atoms with Gasteiger partial charge in [-0.25, -0.2) is 9.78 Å². The van der Waals surface area contributed by atoms with Gasteiger partial charge in [0.15, 0.2) is 0 Å². The van der Waals surface area contributed by atoms with Gasteiger partial charge in [0, 0.05) is 17.5 Å². The van der Waals surface area contributed by atoms with Crippen LogP contribution in [-0.2, 0) is 6.54 Å². The fourth-order valence-corrected chi connectivity index (χ4v) is 3.37. The molecule has 20 heavy (non-hydrogen) atoms. The molecule has 2 rings (SSSR count). The molecule has 112 valence electrons. The van der Waals surface area contributed by atoms with Crippen molar-refractivity contribution in [1.29, 1.82) is 0 Å². The van der Waals surface area contributed by atoms with Gasteiger partial charge in [0.2, 0.25) is 0 Å². The first kappa shape index (κ1) is 15.3. The lowest BCUT2D eigenvalue weighted by Crippen LogP contribution is -2.43. The van der Waals surface area contributed by atoms with Crippen molar-refractivity contribution >= 4 is 17.4 Å². The number of nitrogens with zero attached hydrogens (tertiary/aromatic N) is 1. The van der Waals surface area contributed by atoms with E-state index in [9.17, 15) is 4.79 Å². The van der Waals surface area contributed by atoms with Crippen LogP contribution in [-0.4, -0.2) is 28.8 Å². The zero-order valence-corrected chi connectivity index (χ0v) is 12.9. The number of aliphatic hydroxyl groups excluding tert-OH is 1. The summed E-state index contributed by atoms with van der Waals surface area (Å²) in [7, 11) is 0. The van der Waals surface area contributed by atoms with E-state index in [0.29, 0.717) is 12.5 Å². The van der Waals surface area contributed by atoms with Gasteiger partial charge in [0.25, 0.3) is 0 Å². The molecule has 3 N–H and O–H groups in total. The Labute approximate surface area is 123 Å². The van der Waals surface area contributed by atoms with E-state index in [1.165, 1.54) is 4.88 Å². The molecule has 0 aliphatic heterocycles. The summed E-state index contributed by atoms with van der Waals surface area (Å²) in [4.78, 5) is 17.4. The van der Waals surface area contributed by atoms with Crippen LogP contribution in [0.15, 0.2) is 0 Å². The number of aryl methyl sites for hydroxylation is 2. The van der Waals surface area contributed by atoms with Gasteiger partial charge in [-0.1, -0.05) is 0 Å². The Morgan fingerprint density at radius 3 is 2.60 bits per heavy atom. The number of aliphatic hydroxyl groups is 1. The maximum absolute atomic E-state index is 11.8. The number of carbonyl (C=O) groups is 1. The molecule has 0 radical (unpaired) electrons. The van der Waals surface area contributed by atoms with Gasteiger partial charge < -0.3 is 15.7 Å². The molecule has 1 aromatic heterocycles. The van der Waals surface area contributed by atoms with Crippen molar-refractivity contribution < 1.29 is 9.90 Å². The van der Waals surface area contributed by atoms with E-state index in [2.05, 4.69) is 15.6 Å². The molecule has 6 heteroatoms. The first-order chi connectivity index (χ1) is 9.58. The van der Waals surface area contributed by atoms with Crippen molar-refractivity contribution in [3.8, 4) is 0 Å². The molecule has 1 aliphatic carbocycles. The Balaban J connectivity index is 1.70. The third-order valence-corrected chi connectivity index (χ3v) is 4.99. The Kier molecular flexibility index (Phi) is 5.37. The Morgan fingerprint density at radius 1 is 1.35 bits per heavy atom. The fourth-order valence-electron chi connectivity index (χ4n) is 2.50. The Bertz CT molecular complexity index is 434. The van der Waals surface area contributed by atoms with Crippen LogP contribution in [0.2, 0.25) is 0 Å². The number of nitrogens with one attached hydrogen (secondary N) is 2. The summed E-state index contributed by atoms with van der Waals surface area (Å²) in [6, 6.07) is 0.112. The molecule has 1 fully saturated rings. The average molecular weight is 297 g/mol. The number of aromatic nitrogens is 1. The number of carbonyl (C=O) groups excluding carboxylic acids is 1. The zero-order valence-electron chi connectivity index (χ0n) is 12.1. The number of rotatable bonds is 4. The van der Waals surface area contributed by atoms with Crippen molar-refractivity contribution in [3.05, 3.63) is 15.6 Å². The topological polar surface area (TPSA) is 74.2 Å². The largest absolute Gasteiger partial charge is 0.396 e. The van der Waals surface area contributed by atoms with Crippen molar-refractivity contribution in [2.75, 3.05) is 6.61 Å². The van der Waals surface area contributed by atoms with E-state index in [1.54, 1.807) is 11.3 Å². The van der Waals surface area contributed by atoms with Gasteiger partial charge in [0.05, 0.1) is 12.2 Å². The average Bonchev–Trinajstić information content (AvgIpc) is 2.76. The third kappa shape index (κ3) is 4.18. The van der Waals surface area contributed by atoms with Gasteiger partial charge in [0.1, 0.15) is 5.01 Å². The molecule has 0 atom stereocenters. The third-order valence-electron chi connectivity index (χ3n) is 3.91. The minimum absolute atomic E-state index is 0.122. The summed E-state index contributed by atoms with van der Waals surface area (Å²) in [6.45, 7) is 4.77. The van der Waals surface area contributed by atoms with E-state index in [0.717, 1.165) is 36.4 Å². The SMILES string of the molecule is Cc1nc(CNC(=O)NC2CCC(CO)CC2)sc1C. The molecule has 1 aromatic rings. The van der Waals surface area contributed by atoms with Crippen molar-refractivity contribution in [2.24, 2.45) is 5.92 Å². The molecule has 1 saturated carbocycles. The molecule has 0 unspecified atom stereocenters. The molecule has 0 spiro atoms. The quantitative estimate of drug-likeness (QED) is 0.797. The minimum Gasteiger partial charge on any atom is -0.396 e. The van der Waals surface area contributed by atoms with E-state index >= 15 is 0 Å². The normalized spacial score (nSPS) is 22.6. The lowest BCUT2D eigenvalue weighted by atomic mass is 9.87. The number of hydrogen-bond acceptors (Lipinski definition) is 4. The highest BCUT2D eigenvalue weighted by molar-refractivity contribution is 7.11. The first-order valence-corrected chi connectivity index (χ1v) is 7.98. The van der Waals surface area contributed by atoms with E-state index < -0.39 is 0 Å². The van der Waals surface area contributed by atoms with Crippen LogP contribution in [0, 0.1) is 19.8 Å². The second kappa shape index (κ2) is 7.04. The predicted octanol–water partition coefficient (Wildman–Crippen LogP) is 2.11. The van der Waals surface area contributed by atoms with Gasteiger partial charge in [-0.15, -0.1) is 11.3 Å². The number of hydrogen-bond donors (Lipinski definition) is 3. The molecular formula is C14H23N3O2S. The molecule has 2 amide bonds. The predicted molar refractivity (Wildman–Crippen MR) is 79.8 cm³/mol. The summed E-state index contributed by atoms with van der Waals surface area (Å²) in [5, 5.41) is 15.9. The standard InChI is InChI=1S/C14H23N3O2S/c1-9-10(2)20-13(16-9)7-15-14(19)17-12-5-3-11(8-18)4-6-12/h11-12,18H,3-8H2,1-2H3,(H2,15,17,19). The number of thiazole rings is 1. The fraction of sp³-hybridized carbons (Fsp3) is 0.714. The molecule has 0 aromatic carbocycles. The van der Waals surface area contributed by atoms with Crippen LogP contribution < -0.4 is 10.6 Å². The molecular weight excluding hydrogens is 274 g/mol. The minimum atomic E-state index is -0.122. The maximum Gasteiger partial charge on any atom is 0.315 e. The second-order valence-corrected chi connectivity index (χ2v) is 6.76.